The molecule has 0 aliphatic carbocycles. The highest BCUT2D eigenvalue weighted by atomic mass is 79.9. The van der Waals surface area contributed by atoms with Gasteiger partial charge in [0.1, 0.15) is 0 Å². The average molecular weight is 408 g/mol. The van der Waals surface area contributed by atoms with Gasteiger partial charge in [0.2, 0.25) is 0 Å². The molecule has 1 heterocycles. The van der Waals surface area contributed by atoms with Gasteiger partial charge in [0.05, 0.1) is 5.69 Å². The summed E-state index contributed by atoms with van der Waals surface area (Å²) in [6.45, 7) is 0.460. The lowest BCUT2D eigenvalue weighted by Gasteiger charge is -2.10. The molecule has 0 radical (unpaired) electrons. The summed E-state index contributed by atoms with van der Waals surface area (Å²) in [5, 5.41) is 4.32. The maximum Gasteiger partial charge on any atom is 0.253 e. The van der Waals surface area contributed by atoms with Gasteiger partial charge in [0, 0.05) is 26.6 Å². The minimum absolute atomic E-state index is 0.0654. The molecule has 0 bridgehead atoms. The van der Waals surface area contributed by atoms with Crippen molar-refractivity contribution >= 4 is 48.5 Å². The standard InChI is InChI=1S/C16H12Br2N2O/c17-12-5-3-6-13(18)15(12)19-9-11-8-10-4-1-2-7-14(10)20-16(11)21/h1-8,19H,9H2,(H,20,21). The number of H-pyrrole nitrogens is 1. The van der Waals surface area contributed by atoms with Gasteiger partial charge in [-0.05, 0) is 61.5 Å². The van der Waals surface area contributed by atoms with Gasteiger partial charge in [-0.15, -0.1) is 0 Å². The number of pyridine rings is 1. The summed E-state index contributed by atoms with van der Waals surface area (Å²) in [5.74, 6) is 0. The van der Waals surface area contributed by atoms with Crippen LogP contribution in [0.4, 0.5) is 5.69 Å². The zero-order valence-electron chi connectivity index (χ0n) is 11.0. The van der Waals surface area contributed by atoms with Crippen molar-refractivity contribution in [1.29, 1.82) is 0 Å². The minimum atomic E-state index is -0.0654. The highest BCUT2D eigenvalue weighted by molar-refractivity contribution is 9.11. The van der Waals surface area contributed by atoms with Crippen LogP contribution in [0.2, 0.25) is 0 Å². The van der Waals surface area contributed by atoms with Crippen LogP contribution in [0.1, 0.15) is 5.56 Å². The van der Waals surface area contributed by atoms with Crippen molar-refractivity contribution in [2.75, 3.05) is 5.32 Å². The molecule has 3 rings (SSSR count). The molecule has 0 amide bonds. The van der Waals surface area contributed by atoms with Crippen LogP contribution >= 0.6 is 31.9 Å². The first-order chi connectivity index (χ1) is 10.1. The third-order valence-corrected chi connectivity index (χ3v) is 4.57. The van der Waals surface area contributed by atoms with E-state index in [9.17, 15) is 4.79 Å². The first-order valence-corrected chi connectivity index (χ1v) is 8.02. The quantitative estimate of drug-likeness (QED) is 0.662. The Labute approximate surface area is 138 Å². The van der Waals surface area contributed by atoms with Crippen LogP contribution in [0, 0.1) is 0 Å². The van der Waals surface area contributed by atoms with Gasteiger partial charge in [0.15, 0.2) is 0 Å². The summed E-state index contributed by atoms with van der Waals surface area (Å²) in [6.07, 6.45) is 0. The smallest absolute Gasteiger partial charge is 0.253 e. The predicted molar refractivity (Wildman–Crippen MR) is 93.7 cm³/mol. The topological polar surface area (TPSA) is 44.9 Å². The maximum atomic E-state index is 12.1. The summed E-state index contributed by atoms with van der Waals surface area (Å²) in [4.78, 5) is 15.0. The SMILES string of the molecule is O=c1[nH]c2ccccc2cc1CNc1c(Br)cccc1Br. The summed E-state index contributed by atoms with van der Waals surface area (Å²) in [5.41, 5.74) is 2.43. The lowest BCUT2D eigenvalue weighted by molar-refractivity contribution is 1.09. The number of para-hydroxylation sites is 2. The highest BCUT2D eigenvalue weighted by Crippen LogP contribution is 2.30. The van der Waals surface area contributed by atoms with Crippen LogP contribution < -0.4 is 10.9 Å². The molecule has 0 unspecified atom stereocenters. The van der Waals surface area contributed by atoms with E-state index >= 15 is 0 Å². The lowest BCUT2D eigenvalue weighted by atomic mass is 10.1. The van der Waals surface area contributed by atoms with Crippen molar-refractivity contribution < 1.29 is 0 Å². The number of aromatic nitrogens is 1. The zero-order chi connectivity index (χ0) is 14.8. The molecule has 1 aromatic heterocycles. The van der Waals surface area contributed by atoms with Gasteiger partial charge in [0.25, 0.3) is 5.56 Å². The van der Waals surface area contributed by atoms with E-state index in [1.54, 1.807) is 0 Å². The number of halogens is 2. The van der Waals surface area contributed by atoms with Crippen molar-refractivity contribution in [3.8, 4) is 0 Å². The predicted octanol–water partition coefficient (Wildman–Crippen LogP) is 4.67. The number of rotatable bonds is 3. The Morgan fingerprint density at radius 2 is 1.71 bits per heavy atom. The van der Waals surface area contributed by atoms with Crippen LogP contribution in [0.3, 0.4) is 0 Å². The van der Waals surface area contributed by atoms with Gasteiger partial charge in [-0.1, -0.05) is 24.3 Å². The Bertz CT molecular complexity index is 838. The molecular weight excluding hydrogens is 396 g/mol. The van der Waals surface area contributed by atoms with E-state index in [1.165, 1.54) is 0 Å². The minimum Gasteiger partial charge on any atom is -0.379 e. The molecule has 0 spiro atoms. The van der Waals surface area contributed by atoms with Crippen molar-refractivity contribution in [3.05, 3.63) is 73.4 Å². The van der Waals surface area contributed by atoms with E-state index in [0.29, 0.717) is 12.1 Å². The first-order valence-electron chi connectivity index (χ1n) is 6.44. The fourth-order valence-electron chi connectivity index (χ4n) is 2.17. The molecular formula is C16H12Br2N2O. The summed E-state index contributed by atoms with van der Waals surface area (Å²) < 4.78 is 1.91. The molecule has 0 saturated carbocycles. The van der Waals surface area contributed by atoms with Crippen LogP contribution in [0.25, 0.3) is 10.9 Å². The van der Waals surface area contributed by atoms with E-state index in [4.69, 9.17) is 0 Å². The second-order valence-electron chi connectivity index (χ2n) is 4.66. The lowest BCUT2D eigenvalue weighted by Crippen LogP contribution is -2.15. The maximum absolute atomic E-state index is 12.1. The molecule has 3 aromatic rings. The largest absolute Gasteiger partial charge is 0.379 e. The normalized spacial score (nSPS) is 10.8. The number of aromatic amines is 1. The van der Waals surface area contributed by atoms with E-state index in [2.05, 4.69) is 42.2 Å². The molecule has 106 valence electrons. The Balaban J connectivity index is 1.92. The van der Waals surface area contributed by atoms with Crippen molar-refractivity contribution in [2.45, 2.75) is 6.54 Å². The second-order valence-corrected chi connectivity index (χ2v) is 6.37. The van der Waals surface area contributed by atoms with E-state index in [0.717, 1.165) is 25.5 Å². The first kappa shape index (κ1) is 14.4. The van der Waals surface area contributed by atoms with Gasteiger partial charge >= 0.3 is 0 Å². The van der Waals surface area contributed by atoms with Crippen molar-refractivity contribution in [2.24, 2.45) is 0 Å². The van der Waals surface area contributed by atoms with Crippen LogP contribution in [0.5, 0.6) is 0 Å². The zero-order valence-corrected chi connectivity index (χ0v) is 14.2. The molecule has 2 N–H and O–H groups in total. The fourth-order valence-corrected chi connectivity index (χ4v) is 3.45. The third kappa shape index (κ3) is 3.04. The third-order valence-electron chi connectivity index (χ3n) is 3.25. The highest BCUT2D eigenvalue weighted by Gasteiger charge is 2.06. The molecule has 21 heavy (non-hydrogen) atoms. The molecule has 0 aliphatic heterocycles. The van der Waals surface area contributed by atoms with Crippen molar-refractivity contribution in [1.82, 2.24) is 4.98 Å². The van der Waals surface area contributed by atoms with Gasteiger partial charge in [-0.2, -0.15) is 0 Å². The monoisotopic (exact) mass is 406 g/mol. The van der Waals surface area contributed by atoms with Gasteiger partial charge < -0.3 is 10.3 Å². The van der Waals surface area contributed by atoms with Gasteiger partial charge in [-0.3, -0.25) is 4.79 Å². The summed E-state index contributed by atoms with van der Waals surface area (Å²) in [6, 6.07) is 15.5. The summed E-state index contributed by atoms with van der Waals surface area (Å²) in [7, 11) is 0. The Kier molecular flexibility index (Phi) is 4.12. The second kappa shape index (κ2) is 6.03. The molecule has 3 nitrogen and oxygen atoms in total. The molecule has 5 heteroatoms. The van der Waals surface area contributed by atoms with Crippen LogP contribution in [-0.4, -0.2) is 4.98 Å². The van der Waals surface area contributed by atoms with E-state index in [-0.39, 0.29) is 5.56 Å². The van der Waals surface area contributed by atoms with Crippen LogP contribution in [0.15, 0.2) is 62.3 Å². The molecule has 0 fully saturated rings. The number of hydrogen-bond acceptors (Lipinski definition) is 2. The number of benzene rings is 2. The van der Waals surface area contributed by atoms with E-state index in [1.807, 2.05) is 48.5 Å². The van der Waals surface area contributed by atoms with E-state index < -0.39 is 0 Å². The Morgan fingerprint density at radius 3 is 2.48 bits per heavy atom. The molecule has 2 aromatic carbocycles. The molecule has 0 aliphatic rings. The number of fused-ring (bicyclic) bond motifs is 1. The number of hydrogen-bond donors (Lipinski definition) is 2. The molecule has 0 atom stereocenters. The van der Waals surface area contributed by atoms with Crippen molar-refractivity contribution in [3.63, 3.8) is 0 Å². The van der Waals surface area contributed by atoms with Crippen LogP contribution in [-0.2, 0) is 6.54 Å². The van der Waals surface area contributed by atoms with Gasteiger partial charge in [-0.25, -0.2) is 0 Å². The molecule has 0 saturated heterocycles. The Hall–Kier alpha value is -1.59. The summed E-state index contributed by atoms with van der Waals surface area (Å²) >= 11 is 7.00. The Morgan fingerprint density at radius 1 is 1.00 bits per heavy atom. The number of nitrogens with one attached hydrogen (secondary N) is 2. The number of anilines is 1. The average Bonchev–Trinajstić information content (AvgIpc) is 2.47. The fraction of sp³-hybridized carbons (Fsp3) is 0.0625.